The number of aromatic nitrogens is 5. The molecular formula is C23H20N8O5. The first-order chi connectivity index (χ1) is 17.4. The van der Waals surface area contributed by atoms with Crippen LogP contribution in [0.2, 0.25) is 0 Å². The molecule has 1 unspecified atom stereocenters. The minimum absolute atomic E-state index is 0.107. The molecule has 6 rings (SSSR count). The van der Waals surface area contributed by atoms with Gasteiger partial charge in [-0.15, -0.1) is 5.10 Å². The van der Waals surface area contributed by atoms with Crippen LogP contribution in [0.3, 0.4) is 0 Å². The second-order valence-corrected chi connectivity index (χ2v) is 8.92. The van der Waals surface area contributed by atoms with Gasteiger partial charge < -0.3 is 14.8 Å². The van der Waals surface area contributed by atoms with Crippen molar-refractivity contribution < 1.29 is 19.2 Å². The normalized spacial score (nSPS) is 19.2. The molecule has 1 saturated heterocycles. The van der Waals surface area contributed by atoms with Crippen LogP contribution in [0.1, 0.15) is 50.5 Å². The number of benzene rings is 1. The topological polar surface area (TPSA) is 163 Å². The summed E-state index contributed by atoms with van der Waals surface area (Å²) in [6.07, 6.45) is 3.77. The largest absolute Gasteiger partial charge is 0.332 e. The van der Waals surface area contributed by atoms with Crippen molar-refractivity contribution >= 4 is 23.6 Å². The van der Waals surface area contributed by atoms with Crippen molar-refractivity contribution in [1.82, 2.24) is 40.1 Å². The standard InChI is InChI=1S/C23H20N8O5/c32-19-4-3-18(21(34)26-19)30-8-12-1-2-13(7-14(12)22(30)35)31-10-17(27-28-31)23(36)29-6-5-16-15(9-29)20(33)25-11-24-16/h1-2,7,10-11,18H,3-6,8-9H2,(H,24,25,33)(H,26,32,34). The molecule has 0 aliphatic carbocycles. The molecule has 182 valence electrons. The van der Waals surface area contributed by atoms with Crippen LogP contribution in [0.5, 0.6) is 0 Å². The van der Waals surface area contributed by atoms with E-state index in [1.54, 1.807) is 18.2 Å². The first-order valence-corrected chi connectivity index (χ1v) is 11.4. The smallest absolute Gasteiger partial charge is 0.276 e. The Morgan fingerprint density at radius 2 is 1.94 bits per heavy atom. The van der Waals surface area contributed by atoms with Gasteiger partial charge in [0.05, 0.1) is 36.0 Å². The lowest BCUT2D eigenvalue weighted by Crippen LogP contribution is -2.52. The monoisotopic (exact) mass is 488 g/mol. The first-order valence-electron chi connectivity index (χ1n) is 11.4. The fourth-order valence-corrected chi connectivity index (χ4v) is 4.86. The molecule has 0 radical (unpaired) electrons. The van der Waals surface area contributed by atoms with Crippen molar-refractivity contribution in [2.75, 3.05) is 6.54 Å². The van der Waals surface area contributed by atoms with Crippen LogP contribution in [0.4, 0.5) is 0 Å². The molecule has 36 heavy (non-hydrogen) atoms. The van der Waals surface area contributed by atoms with Crippen molar-refractivity contribution in [2.24, 2.45) is 0 Å². The summed E-state index contributed by atoms with van der Waals surface area (Å²) in [6, 6.07) is 4.48. The molecule has 0 bridgehead atoms. The van der Waals surface area contributed by atoms with Crippen molar-refractivity contribution in [3.63, 3.8) is 0 Å². The Hall–Kier alpha value is -4.68. The molecule has 13 nitrogen and oxygen atoms in total. The van der Waals surface area contributed by atoms with Crippen molar-refractivity contribution in [1.29, 1.82) is 0 Å². The van der Waals surface area contributed by atoms with Gasteiger partial charge in [-0.3, -0.25) is 29.3 Å². The Morgan fingerprint density at radius 3 is 2.78 bits per heavy atom. The van der Waals surface area contributed by atoms with Crippen LogP contribution < -0.4 is 10.9 Å². The van der Waals surface area contributed by atoms with Gasteiger partial charge in [-0.1, -0.05) is 11.3 Å². The number of carbonyl (C=O) groups excluding carboxylic acids is 4. The van der Waals surface area contributed by atoms with Gasteiger partial charge in [0.1, 0.15) is 6.04 Å². The average Bonchev–Trinajstić information content (AvgIpc) is 3.49. The van der Waals surface area contributed by atoms with E-state index in [9.17, 15) is 24.0 Å². The van der Waals surface area contributed by atoms with E-state index in [-0.39, 0.29) is 54.9 Å². The number of imide groups is 1. The molecule has 1 fully saturated rings. The van der Waals surface area contributed by atoms with E-state index < -0.39 is 11.9 Å². The zero-order chi connectivity index (χ0) is 25.0. The number of nitrogens with one attached hydrogen (secondary N) is 2. The fraction of sp³-hybridized carbons (Fsp3) is 0.304. The number of nitrogens with zero attached hydrogens (tertiary/aromatic N) is 6. The highest BCUT2D eigenvalue weighted by molar-refractivity contribution is 6.05. The summed E-state index contributed by atoms with van der Waals surface area (Å²) in [5, 5.41) is 10.3. The lowest BCUT2D eigenvalue weighted by atomic mass is 10.0. The van der Waals surface area contributed by atoms with Crippen LogP contribution in [0.15, 0.2) is 35.5 Å². The zero-order valence-corrected chi connectivity index (χ0v) is 18.9. The maximum absolute atomic E-state index is 13.1. The molecule has 5 heterocycles. The maximum Gasteiger partial charge on any atom is 0.276 e. The van der Waals surface area contributed by atoms with Crippen LogP contribution >= 0.6 is 0 Å². The molecule has 3 aliphatic rings. The van der Waals surface area contributed by atoms with Crippen LogP contribution in [-0.2, 0) is 29.1 Å². The SMILES string of the molecule is O=C1CCC(N2Cc3ccc(-n4cc(C(=O)N5CCc6nc[nH]c(=O)c6C5)nn4)cc3C2=O)C(=O)N1. The Kier molecular flexibility index (Phi) is 4.98. The Morgan fingerprint density at radius 1 is 1.08 bits per heavy atom. The summed E-state index contributed by atoms with van der Waals surface area (Å²) in [7, 11) is 0. The number of amides is 4. The molecule has 1 atom stereocenters. The second-order valence-electron chi connectivity index (χ2n) is 8.92. The van der Waals surface area contributed by atoms with E-state index in [2.05, 4.69) is 25.6 Å². The van der Waals surface area contributed by atoms with E-state index in [0.717, 1.165) is 5.56 Å². The molecule has 4 amide bonds. The Balaban J connectivity index is 1.21. The van der Waals surface area contributed by atoms with Crippen LogP contribution in [-0.4, -0.2) is 71.0 Å². The van der Waals surface area contributed by atoms with Gasteiger partial charge in [0, 0.05) is 31.5 Å². The number of piperidine rings is 1. The summed E-state index contributed by atoms with van der Waals surface area (Å²) < 4.78 is 1.40. The minimum Gasteiger partial charge on any atom is -0.332 e. The molecule has 2 aromatic heterocycles. The van der Waals surface area contributed by atoms with Crippen LogP contribution in [0.25, 0.3) is 5.69 Å². The molecule has 0 saturated carbocycles. The lowest BCUT2D eigenvalue weighted by Gasteiger charge is -2.29. The van der Waals surface area contributed by atoms with Crippen molar-refractivity contribution in [3.8, 4) is 5.69 Å². The average molecular weight is 488 g/mol. The fourth-order valence-electron chi connectivity index (χ4n) is 4.86. The van der Waals surface area contributed by atoms with E-state index in [0.29, 0.717) is 35.5 Å². The third-order valence-corrected chi connectivity index (χ3v) is 6.78. The van der Waals surface area contributed by atoms with Gasteiger partial charge in [0.25, 0.3) is 17.4 Å². The van der Waals surface area contributed by atoms with Crippen molar-refractivity contribution in [2.45, 2.75) is 38.4 Å². The third kappa shape index (κ3) is 3.56. The highest BCUT2D eigenvalue weighted by Crippen LogP contribution is 2.29. The second kappa shape index (κ2) is 8.22. The molecule has 3 aliphatic heterocycles. The molecule has 13 heteroatoms. The number of fused-ring (bicyclic) bond motifs is 2. The molecule has 0 spiro atoms. The summed E-state index contributed by atoms with van der Waals surface area (Å²) in [4.78, 5) is 71.6. The molecule has 3 aromatic rings. The maximum atomic E-state index is 13.1. The number of aromatic amines is 1. The van der Waals surface area contributed by atoms with Gasteiger partial charge in [-0.05, 0) is 24.1 Å². The number of hydrogen-bond donors (Lipinski definition) is 2. The zero-order valence-electron chi connectivity index (χ0n) is 18.9. The van der Waals surface area contributed by atoms with Gasteiger partial charge in [0.15, 0.2) is 5.69 Å². The van der Waals surface area contributed by atoms with Crippen LogP contribution in [0, 0.1) is 0 Å². The summed E-state index contributed by atoms with van der Waals surface area (Å²) in [6.45, 7) is 0.804. The van der Waals surface area contributed by atoms with Crippen molar-refractivity contribution in [3.05, 3.63) is 69.2 Å². The molecule has 1 aromatic carbocycles. The highest BCUT2D eigenvalue weighted by Gasteiger charge is 2.39. The summed E-state index contributed by atoms with van der Waals surface area (Å²) in [5.41, 5.74) is 2.70. The quantitative estimate of drug-likeness (QED) is 0.458. The molecule has 2 N–H and O–H groups in total. The number of carbonyl (C=O) groups is 4. The Labute approximate surface area is 203 Å². The van der Waals surface area contributed by atoms with E-state index >= 15 is 0 Å². The predicted octanol–water partition coefficient (Wildman–Crippen LogP) is -0.690. The Bertz CT molecular complexity index is 1510. The first kappa shape index (κ1) is 21.8. The van der Waals surface area contributed by atoms with Gasteiger partial charge in [-0.25, -0.2) is 9.67 Å². The van der Waals surface area contributed by atoms with Gasteiger partial charge in [0.2, 0.25) is 11.8 Å². The third-order valence-electron chi connectivity index (χ3n) is 6.78. The van der Waals surface area contributed by atoms with E-state index in [1.165, 1.54) is 27.0 Å². The lowest BCUT2D eigenvalue weighted by molar-refractivity contribution is -0.136. The van der Waals surface area contributed by atoms with Gasteiger partial charge in [-0.2, -0.15) is 0 Å². The van der Waals surface area contributed by atoms with Gasteiger partial charge >= 0.3 is 0 Å². The predicted molar refractivity (Wildman–Crippen MR) is 121 cm³/mol. The number of H-pyrrole nitrogens is 1. The molecular weight excluding hydrogens is 468 g/mol. The van der Waals surface area contributed by atoms with E-state index in [1.807, 2.05) is 0 Å². The number of rotatable bonds is 3. The summed E-state index contributed by atoms with van der Waals surface area (Å²) in [5.74, 6) is -1.47. The number of hydrogen-bond acceptors (Lipinski definition) is 8. The van der Waals surface area contributed by atoms with E-state index in [4.69, 9.17) is 0 Å². The minimum atomic E-state index is -0.696. The highest BCUT2D eigenvalue weighted by atomic mass is 16.2. The summed E-state index contributed by atoms with van der Waals surface area (Å²) >= 11 is 0.